The van der Waals surface area contributed by atoms with Gasteiger partial charge in [0.1, 0.15) is 6.04 Å². The van der Waals surface area contributed by atoms with E-state index in [1.54, 1.807) is 0 Å². The van der Waals surface area contributed by atoms with E-state index in [-0.39, 0.29) is 23.3 Å². The lowest BCUT2D eigenvalue weighted by atomic mass is 9.71. The second-order valence-electron chi connectivity index (χ2n) is 8.00. The summed E-state index contributed by atoms with van der Waals surface area (Å²) in [5.41, 5.74) is 5.98. The molecule has 1 unspecified atom stereocenters. The molecule has 6 nitrogen and oxygen atoms in total. The van der Waals surface area contributed by atoms with E-state index in [9.17, 15) is 4.79 Å². The van der Waals surface area contributed by atoms with Crippen molar-refractivity contribution < 1.29 is 9.32 Å². The maximum absolute atomic E-state index is 12.7. The molecule has 2 saturated carbocycles. The minimum absolute atomic E-state index is 0.0299. The number of carbonyl (C=O) groups is 1. The van der Waals surface area contributed by atoms with Gasteiger partial charge in [0.2, 0.25) is 11.8 Å². The lowest BCUT2D eigenvalue weighted by Crippen LogP contribution is -2.40. The van der Waals surface area contributed by atoms with Crippen molar-refractivity contribution in [3.8, 4) is 0 Å². The largest absolute Gasteiger partial charge is 0.344 e. The highest BCUT2D eigenvalue weighted by molar-refractivity contribution is 5.77. The van der Waals surface area contributed by atoms with Crippen LogP contribution in [-0.4, -0.2) is 22.6 Å². The Morgan fingerprint density at radius 2 is 2.04 bits per heavy atom. The van der Waals surface area contributed by atoms with Crippen molar-refractivity contribution >= 4 is 5.91 Å². The van der Waals surface area contributed by atoms with Crippen LogP contribution in [0.1, 0.15) is 88.9 Å². The molecule has 1 amide bonds. The summed E-state index contributed by atoms with van der Waals surface area (Å²) < 4.78 is 5.43. The molecule has 1 atom stereocenters. The summed E-state index contributed by atoms with van der Waals surface area (Å²) in [5, 5.41) is 7.20. The van der Waals surface area contributed by atoms with E-state index in [1.165, 1.54) is 19.3 Å². The van der Waals surface area contributed by atoms with Gasteiger partial charge in [0.05, 0.1) is 0 Å². The standard InChI is InChI=1S/C18H30N4O2/c1-12(2)15(17-21-16(22-24-17)13-6-7-13)20-14(23)10-18(11-19)8-4-3-5-9-18/h12-13,15H,3-11,19H2,1-2H3,(H,20,23). The van der Waals surface area contributed by atoms with Crippen molar-refractivity contribution in [2.45, 2.75) is 77.2 Å². The van der Waals surface area contributed by atoms with Crippen LogP contribution < -0.4 is 11.1 Å². The zero-order valence-electron chi connectivity index (χ0n) is 14.9. The third kappa shape index (κ3) is 3.97. The highest BCUT2D eigenvalue weighted by Crippen LogP contribution is 2.40. The SMILES string of the molecule is CC(C)C(NC(=O)CC1(CN)CCCCC1)c1nc(C2CC2)no1. The summed E-state index contributed by atoms with van der Waals surface area (Å²) in [7, 11) is 0. The van der Waals surface area contributed by atoms with Gasteiger partial charge >= 0.3 is 0 Å². The summed E-state index contributed by atoms with van der Waals surface area (Å²) in [4.78, 5) is 17.2. The van der Waals surface area contributed by atoms with Gasteiger partial charge in [-0.15, -0.1) is 0 Å². The summed E-state index contributed by atoms with van der Waals surface area (Å²) in [6.07, 6.45) is 8.47. The zero-order chi connectivity index (χ0) is 17.2. The Morgan fingerprint density at radius 3 is 2.62 bits per heavy atom. The quantitative estimate of drug-likeness (QED) is 0.799. The van der Waals surface area contributed by atoms with Crippen LogP contribution in [0, 0.1) is 11.3 Å². The van der Waals surface area contributed by atoms with Crippen molar-refractivity contribution in [3.05, 3.63) is 11.7 Å². The van der Waals surface area contributed by atoms with E-state index < -0.39 is 0 Å². The van der Waals surface area contributed by atoms with Crippen molar-refractivity contribution in [2.75, 3.05) is 6.54 Å². The van der Waals surface area contributed by atoms with Gasteiger partial charge < -0.3 is 15.6 Å². The predicted molar refractivity (Wildman–Crippen MR) is 91.2 cm³/mol. The Balaban J connectivity index is 1.64. The number of rotatable bonds is 7. The molecule has 2 fully saturated rings. The zero-order valence-corrected chi connectivity index (χ0v) is 14.9. The van der Waals surface area contributed by atoms with Gasteiger partial charge in [-0.3, -0.25) is 4.79 Å². The van der Waals surface area contributed by atoms with Crippen molar-refractivity contribution in [2.24, 2.45) is 17.1 Å². The molecule has 134 valence electrons. The van der Waals surface area contributed by atoms with Gasteiger partial charge in [-0.2, -0.15) is 4.98 Å². The van der Waals surface area contributed by atoms with Gasteiger partial charge in [0, 0.05) is 12.3 Å². The summed E-state index contributed by atoms with van der Waals surface area (Å²) in [6.45, 7) is 4.70. The molecule has 1 aromatic rings. The maximum Gasteiger partial charge on any atom is 0.249 e. The number of hydrogen-bond donors (Lipinski definition) is 2. The molecule has 0 radical (unpaired) electrons. The molecule has 6 heteroatoms. The van der Waals surface area contributed by atoms with E-state index in [0.717, 1.165) is 31.5 Å². The Kier molecular flexibility index (Phi) is 5.23. The number of carbonyl (C=O) groups excluding carboxylic acids is 1. The van der Waals surface area contributed by atoms with E-state index in [0.29, 0.717) is 24.8 Å². The molecular formula is C18H30N4O2. The van der Waals surface area contributed by atoms with Crippen LogP contribution in [0.5, 0.6) is 0 Å². The second-order valence-corrected chi connectivity index (χ2v) is 8.00. The van der Waals surface area contributed by atoms with E-state index in [2.05, 4.69) is 29.3 Å². The molecule has 3 N–H and O–H groups in total. The number of nitrogens with zero attached hydrogens (tertiary/aromatic N) is 2. The summed E-state index contributed by atoms with van der Waals surface area (Å²) in [5.74, 6) is 2.02. The van der Waals surface area contributed by atoms with Gasteiger partial charge in [0.25, 0.3) is 0 Å². The topological polar surface area (TPSA) is 94.0 Å². The minimum atomic E-state index is -0.226. The smallest absolute Gasteiger partial charge is 0.249 e. The molecule has 2 aliphatic carbocycles. The lowest BCUT2D eigenvalue weighted by molar-refractivity contribution is -0.125. The first-order valence-corrected chi connectivity index (χ1v) is 9.36. The first-order valence-electron chi connectivity index (χ1n) is 9.36. The number of nitrogens with two attached hydrogens (primary N) is 1. The minimum Gasteiger partial charge on any atom is -0.344 e. The van der Waals surface area contributed by atoms with Crippen LogP contribution in [0.3, 0.4) is 0 Å². The maximum atomic E-state index is 12.7. The summed E-state index contributed by atoms with van der Waals surface area (Å²) >= 11 is 0. The second kappa shape index (κ2) is 7.21. The van der Waals surface area contributed by atoms with Crippen LogP contribution >= 0.6 is 0 Å². The highest BCUT2D eigenvalue weighted by Gasteiger charge is 2.35. The molecule has 1 aromatic heterocycles. The average molecular weight is 334 g/mol. The Bertz CT molecular complexity index is 559. The summed E-state index contributed by atoms with van der Waals surface area (Å²) in [6, 6.07) is -0.226. The molecule has 1 heterocycles. The van der Waals surface area contributed by atoms with Gasteiger partial charge in [-0.05, 0) is 43.6 Å². The fourth-order valence-corrected chi connectivity index (χ4v) is 3.71. The number of nitrogens with one attached hydrogen (secondary N) is 1. The third-order valence-electron chi connectivity index (χ3n) is 5.53. The van der Waals surface area contributed by atoms with E-state index >= 15 is 0 Å². The molecule has 0 saturated heterocycles. The van der Waals surface area contributed by atoms with Crippen LogP contribution in [0.15, 0.2) is 4.52 Å². The molecule has 2 aliphatic rings. The van der Waals surface area contributed by atoms with Gasteiger partial charge in [0.15, 0.2) is 5.82 Å². The van der Waals surface area contributed by atoms with Gasteiger partial charge in [-0.1, -0.05) is 38.3 Å². The number of amides is 1. The Hall–Kier alpha value is -1.43. The molecular weight excluding hydrogens is 304 g/mol. The highest BCUT2D eigenvalue weighted by atomic mass is 16.5. The first kappa shape index (κ1) is 17.4. The number of hydrogen-bond acceptors (Lipinski definition) is 5. The molecule has 0 aromatic carbocycles. The van der Waals surface area contributed by atoms with Gasteiger partial charge in [-0.25, -0.2) is 0 Å². The third-order valence-corrected chi connectivity index (χ3v) is 5.53. The van der Waals surface area contributed by atoms with Crippen molar-refractivity contribution in [1.29, 1.82) is 0 Å². The van der Waals surface area contributed by atoms with Crippen LogP contribution in [0.4, 0.5) is 0 Å². The average Bonchev–Trinajstić information content (AvgIpc) is 3.31. The molecule has 0 spiro atoms. The molecule has 3 rings (SSSR count). The predicted octanol–water partition coefficient (Wildman–Crippen LogP) is 3.06. The van der Waals surface area contributed by atoms with Crippen LogP contribution in [0.2, 0.25) is 0 Å². The Morgan fingerprint density at radius 1 is 1.33 bits per heavy atom. The van der Waals surface area contributed by atoms with E-state index in [4.69, 9.17) is 10.3 Å². The van der Waals surface area contributed by atoms with E-state index in [1.807, 2.05) is 0 Å². The lowest BCUT2D eigenvalue weighted by Gasteiger charge is -2.36. The monoisotopic (exact) mass is 334 g/mol. The van der Waals surface area contributed by atoms with Crippen LogP contribution in [-0.2, 0) is 4.79 Å². The molecule has 24 heavy (non-hydrogen) atoms. The first-order chi connectivity index (χ1) is 11.5. The fourth-order valence-electron chi connectivity index (χ4n) is 3.71. The Labute approximate surface area is 143 Å². The van der Waals surface area contributed by atoms with Crippen molar-refractivity contribution in [3.63, 3.8) is 0 Å². The van der Waals surface area contributed by atoms with Crippen LogP contribution in [0.25, 0.3) is 0 Å². The van der Waals surface area contributed by atoms with Crippen molar-refractivity contribution in [1.82, 2.24) is 15.5 Å². The fraction of sp³-hybridized carbons (Fsp3) is 0.833. The normalized spacial score (nSPS) is 21.7. The molecule has 0 bridgehead atoms. The number of aromatic nitrogens is 2. The molecule has 0 aliphatic heterocycles.